The molecular formula is C22H27N5O2. The molecule has 3 heterocycles. The maximum absolute atomic E-state index is 12.1. The molecule has 1 aliphatic heterocycles. The van der Waals surface area contributed by atoms with Crippen LogP contribution in [-0.4, -0.2) is 51.0 Å². The van der Waals surface area contributed by atoms with Gasteiger partial charge in [-0.25, -0.2) is 4.98 Å². The molecule has 1 aromatic carbocycles. The van der Waals surface area contributed by atoms with Crippen molar-refractivity contribution in [1.82, 2.24) is 24.6 Å². The Hall–Kier alpha value is -2.77. The van der Waals surface area contributed by atoms with Gasteiger partial charge in [-0.15, -0.1) is 0 Å². The lowest BCUT2D eigenvalue weighted by Gasteiger charge is -2.31. The van der Waals surface area contributed by atoms with E-state index in [0.29, 0.717) is 24.8 Å². The van der Waals surface area contributed by atoms with Crippen molar-refractivity contribution in [3.63, 3.8) is 0 Å². The van der Waals surface area contributed by atoms with E-state index < -0.39 is 0 Å². The van der Waals surface area contributed by atoms with Crippen LogP contribution in [0.2, 0.25) is 0 Å². The highest BCUT2D eigenvalue weighted by atomic mass is 16.5. The minimum atomic E-state index is -0.131. The minimum absolute atomic E-state index is 0.131. The summed E-state index contributed by atoms with van der Waals surface area (Å²) < 4.78 is 7.29. The normalized spacial score (nSPS) is 15.1. The smallest absolute Gasteiger partial charge is 0.251 e. The number of benzene rings is 1. The van der Waals surface area contributed by atoms with Crippen LogP contribution in [0.25, 0.3) is 11.4 Å². The molecule has 0 atom stereocenters. The van der Waals surface area contributed by atoms with Crippen molar-refractivity contribution >= 4 is 0 Å². The van der Waals surface area contributed by atoms with E-state index in [1.807, 2.05) is 29.1 Å². The lowest BCUT2D eigenvalue weighted by Crippen LogP contribution is -2.36. The number of ether oxygens (including phenoxy) is 1. The fourth-order valence-corrected chi connectivity index (χ4v) is 3.75. The van der Waals surface area contributed by atoms with Gasteiger partial charge in [-0.3, -0.25) is 14.4 Å². The van der Waals surface area contributed by atoms with Crippen LogP contribution >= 0.6 is 0 Å². The average Bonchev–Trinajstić information content (AvgIpc) is 3.27. The van der Waals surface area contributed by atoms with E-state index in [4.69, 9.17) is 4.74 Å². The zero-order chi connectivity index (χ0) is 20.1. The van der Waals surface area contributed by atoms with Crippen molar-refractivity contribution in [3.8, 4) is 11.4 Å². The molecule has 29 heavy (non-hydrogen) atoms. The van der Waals surface area contributed by atoms with Crippen LogP contribution in [0.5, 0.6) is 0 Å². The van der Waals surface area contributed by atoms with E-state index in [2.05, 4.69) is 39.1 Å². The molecule has 0 aliphatic carbocycles. The Morgan fingerprint density at radius 1 is 1.24 bits per heavy atom. The predicted octanol–water partition coefficient (Wildman–Crippen LogP) is 2.49. The standard InChI is InChI=1S/C22H27N5O2/c1-26(20-8-13-29-14-9-20)16-17-3-5-18(6-4-17)22-24-19(15-21(28)25-22)7-12-27-11-2-10-23-27/h2-6,10-11,15,20H,7-9,12-14,16H2,1H3,(H,24,25,28). The second kappa shape index (κ2) is 9.15. The van der Waals surface area contributed by atoms with E-state index in [1.54, 1.807) is 12.3 Å². The van der Waals surface area contributed by atoms with Crippen molar-refractivity contribution in [1.29, 1.82) is 0 Å². The summed E-state index contributed by atoms with van der Waals surface area (Å²) in [5.41, 5.74) is 2.80. The fourth-order valence-electron chi connectivity index (χ4n) is 3.75. The average molecular weight is 393 g/mol. The first kappa shape index (κ1) is 19.5. The Balaban J connectivity index is 1.43. The number of nitrogens with one attached hydrogen (secondary N) is 1. The van der Waals surface area contributed by atoms with Crippen LogP contribution in [0.15, 0.2) is 53.6 Å². The Bertz CT molecular complexity index is 960. The molecule has 7 heteroatoms. The zero-order valence-corrected chi connectivity index (χ0v) is 16.8. The van der Waals surface area contributed by atoms with Gasteiger partial charge in [-0.2, -0.15) is 5.10 Å². The molecule has 1 fully saturated rings. The lowest BCUT2D eigenvalue weighted by atomic mass is 10.1. The largest absolute Gasteiger partial charge is 0.381 e. The van der Waals surface area contributed by atoms with Crippen LogP contribution in [0.3, 0.4) is 0 Å². The molecule has 0 amide bonds. The van der Waals surface area contributed by atoms with Gasteiger partial charge in [0.1, 0.15) is 5.82 Å². The van der Waals surface area contributed by atoms with E-state index in [9.17, 15) is 4.79 Å². The second-order valence-electron chi connectivity index (χ2n) is 7.56. The molecule has 0 unspecified atom stereocenters. The minimum Gasteiger partial charge on any atom is -0.381 e. The molecule has 1 aliphatic rings. The molecule has 1 N–H and O–H groups in total. The van der Waals surface area contributed by atoms with Gasteiger partial charge in [-0.05, 0) is 31.5 Å². The maximum Gasteiger partial charge on any atom is 0.251 e. The van der Waals surface area contributed by atoms with E-state index >= 15 is 0 Å². The molecule has 152 valence electrons. The Morgan fingerprint density at radius 2 is 2.03 bits per heavy atom. The molecular weight excluding hydrogens is 366 g/mol. The summed E-state index contributed by atoms with van der Waals surface area (Å²) >= 11 is 0. The van der Waals surface area contributed by atoms with Gasteiger partial charge in [0, 0.05) is 62.8 Å². The topological polar surface area (TPSA) is 76.0 Å². The van der Waals surface area contributed by atoms with Gasteiger partial charge in [0.2, 0.25) is 0 Å². The van der Waals surface area contributed by atoms with Gasteiger partial charge in [0.25, 0.3) is 5.56 Å². The van der Waals surface area contributed by atoms with Gasteiger partial charge in [-0.1, -0.05) is 24.3 Å². The zero-order valence-electron chi connectivity index (χ0n) is 16.8. The van der Waals surface area contributed by atoms with Gasteiger partial charge >= 0.3 is 0 Å². The maximum atomic E-state index is 12.1. The second-order valence-corrected chi connectivity index (χ2v) is 7.56. The first-order valence-electron chi connectivity index (χ1n) is 10.1. The summed E-state index contributed by atoms with van der Waals surface area (Å²) in [6.07, 6.45) is 6.49. The third kappa shape index (κ3) is 5.19. The van der Waals surface area contributed by atoms with E-state index in [1.165, 1.54) is 5.56 Å². The first-order chi connectivity index (χ1) is 14.2. The number of nitrogens with zero attached hydrogens (tertiary/aromatic N) is 4. The van der Waals surface area contributed by atoms with Crippen molar-refractivity contribution in [2.45, 2.75) is 38.4 Å². The van der Waals surface area contributed by atoms with Crippen LogP contribution in [0.1, 0.15) is 24.1 Å². The molecule has 4 rings (SSSR count). The van der Waals surface area contributed by atoms with Crippen molar-refractivity contribution in [3.05, 3.63) is 70.4 Å². The number of hydrogen-bond donors (Lipinski definition) is 1. The summed E-state index contributed by atoms with van der Waals surface area (Å²) in [6, 6.07) is 12.3. The first-order valence-corrected chi connectivity index (χ1v) is 10.1. The number of H-pyrrole nitrogens is 1. The SMILES string of the molecule is CN(Cc1ccc(-c2nc(CCn3cccn3)cc(=O)[nH]2)cc1)C1CCOCC1. The van der Waals surface area contributed by atoms with Gasteiger partial charge < -0.3 is 9.72 Å². The number of aryl methyl sites for hydroxylation is 2. The molecule has 0 spiro atoms. The Morgan fingerprint density at radius 3 is 2.76 bits per heavy atom. The molecule has 0 bridgehead atoms. The molecule has 7 nitrogen and oxygen atoms in total. The molecule has 0 saturated carbocycles. The number of aromatic nitrogens is 4. The summed E-state index contributed by atoms with van der Waals surface area (Å²) in [5, 5.41) is 4.19. The van der Waals surface area contributed by atoms with Crippen molar-refractivity contribution < 1.29 is 4.74 Å². The van der Waals surface area contributed by atoms with E-state index in [-0.39, 0.29) is 5.56 Å². The van der Waals surface area contributed by atoms with Crippen LogP contribution in [-0.2, 0) is 24.2 Å². The van der Waals surface area contributed by atoms with Crippen LogP contribution in [0.4, 0.5) is 0 Å². The Labute approximate surface area is 170 Å². The molecule has 3 aromatic rings. The van der Waals surface area contributed by atoms with Crippen LogP contribution < -0.4 is 5.56 Å². The summed E-state index contributed by atoms with van der Waals surface area (Å²) in [4.78, 5) is 22.0. The monoisotopic (exact) mass is 393 g/mol. The van der Waals surface area contributed by atoms with Crippen molar-refractivity contribution in [2.75, 3.05) is 20.3 Å². The lowest BCUT2D eigenvalue weighted by molar-refractivity contribution is 0.0407. The summed E-state index contributed by atoms with van der Waals surface area (Å²) in [7, 11) is 2.17. The van der Waals surface area contributed by atoms with E-state index in [0.717, 1.165) is 43.9 Å². The number of aromatic amines is 1. The fraction of sp³-hybridized carbons (Fsp3) is 0.409. The predicted molar refractivity (Wildman–Crippen MR) is 112 cm³/mol. The third-order valence-electron chi connectivity index (χ3n) is 5.42. The number of rotatable bonds is 7. The van der Waals surface area contributed by atoms with Crippen molar-refractivity contribution in [2.24, 2.45) is 0 Å². The van der Waals surface area contributed by atoms with Gasteiger partial charge in [0.05, 0.1) is 5.69 Å². The molecule has 0 radical (unpaired) electrons. The Kier molecular flexibility index (Phi) is 6.17. The van der Waals surface area contributed by atoms with Gasteiger partial charge in [0.15, 0.2) is 0 Å². The number of hydrogen-bond acceptors (Lipinski definition) is 5. The van der Waals surface area contributed by atoms with Crippen LogP contribution in [0, 0.1) is 0 Å². The highest BCUT2D eigenvalue weighted by Crippen LogP contribution is 2.19. The molecule has 2 aromatic heterocycles. The quantitative estimate of drug-likeness (QED) is 0.667. The third-order valence-corrected chi connectivity index (χ3v) is 5.42. The molecule has 1 saturated heterocycles. The highest BCUT2D eigenvalue weighted by Gasteiger charge is 2.18. The summed E-state index contributed by atoms with van der Waals surface area (Å²) in [6.45, 7) is 3.30. The summed E-state index contributed by atoms with van der Waals surface area (Å²) in [5.74, 6) is 0.609. The highest BCUT2D eigenvalue weighted by molar-refractivity contribution is 5.55.